The van der Waals surface area contributed by atoms with Crippen LogP contribution in [-0.4, -0.2) is 55.5 Å². The molecule has 2 aliphatic heterocycles. The molecule has 186 valence electrons. The Morgan fingerprint density at radius 1 is 1.14 bits per heavy atom. The molecule has 2 atom stereocenters. The molecule has 3 aromatic rings. The van der Waals surface area contributed by atoms with Gasteiger partial charge in [-0.1, -0.05) is 23.5 Å². The van der Waals surface area contributed by atoms with Gasteiger partial charge in [0.25, 0.3) is 0 Å². The van der Waals surface area contributed by atoms with Crippen LogP contribution >= 0.6 is 11.3 Å². The summed E-state index contributed by atoms with van der Waals surface area (Å²) in [5.41, 5.74) is 2.97. The van der Waals surface area contributed by atoms with Crippen LogP contribution in [0.2, 0.25) is 0 Å². The first kappa shape index (κ1) is 24.3. The van der Waals surface area contributed by atoms with E-state index in [1.807, 2.05) is 26.0 Å². The zero-order valence-corrected chi connectivity index (χ0v) is 21.4. The number of amides is 1. The van der Waals surface area contributed by atoms with Gasteiger partial charge in [0.15, 0.2) is 5.13 Å². The summed E-state index contributed by atoms with van der Waals surface area (Å²) in [7, 11) is -3.96. The molecule has 1 aromatic heterocycles. The zero-order chi connectivity index (χ0) is 24.7. The summed E-state index contributed by atoms with van der Waals surface area (Å²) < 4.78 is 48.3. The van der Waals surface area contributed by atoms with E-state index in [0.717, 1.165) is 46.3 Å². The molecular formula is C25H28FN3O4S2. The Hall–Kier alpha value is -2.40. The number of benzene rings is 2. The van der Waals surface area contributed by atoms with Crippen molar-refractivity contribution in [2.45, 2.75) is 56.6 Å². The Bertz CT molecular complexity index is 1310. The highest BCUT2D eigenvalue weighted by Crippen LogP contribution is 2.36. The molecule has 2 aromatic carbocycles. The van der Waals surface area contributed by atoms with Crippen molar-refractivity contribution in [3.05, 3.63) is 53.3 Å². The molecule has 35 heavy (non-hydrogen) atoms. The van der Waals surface area contributed by atoms with Gasteiger partial charge in [-0.05, 0) is 74.9 Å². The van der Waals surface area contributed by atoms with Gasteiger partial charge in [-0.2, -0.15) is 4.31 Å². The third-order valence-electron chi connectivity index (χ3n) is 6.75. The second-order valence-electron chi connectivity index (χ2n) is 9.19. The lowest BCUT2D eigenvalue weighted by Crippen LogP contribution is -2.49. The number of ether oxygens (including phenoxy) is 1. The van der Waals surface area contributed by atoms with Crippen molar-refractivity contribution in [1.82, 2.24) is 9.29 Å². The minimum absolute atomic E-state index is 0.0180. The second kappa shape index (κ2) is 9.57. The molecule has 0 N–H and O–H groups in total. The van der Waals surface area contributed by atoms with Crippen LogP contribution in [0.15, 0.2) is 41.3 Å². The molecule has 3 heterocycles. The summed E-state index contributed by atoms with van der Waals surface area (Å²) in [4.78, 5) is 20.4. The van der Waals surface area contributed by atoms with E-state index < -0.39 is 21.9 Å². The van der Waals surface area contributed by atoms with Gasteiger partial charge in [0.2, 0.25) is 15.9 Å². The van der Waals surface area contributed by atoms with Crippen molar-refractivity contribution < 1.29 is 22.3 Å². The van der Waals surface area contributed by atoms with Crippen LogP contribution in [0.25, 0.3) is 10.2 Å². The van der Waals surface area contributed by atoms with Crippen LogP contribution in [0, 0.1) is 19.7 Å². The SMILES string of the molecule is Cc1ccc(C)c2sc(N(CC3CCCO3)C(=O)C3CCCN3S(=O)(=O)c3ccc(F)cc3)nc12. The van der Waals surface area contributed by atoms with E-state index in [0.29, 0.717) is 31.1 Å². The summed E-state index contributed by atoms with van der Waals surface area (Å²) >= 11 is 1.45. The minimum atomic E-state index is -3.96. The molecule has 2 fully saturated rings. The van der Waals surface area contributed by atoms with Gasteiger partial charge in [-0.15, -0.1) is 0 Å². The number of halogens is 1. The average Bonchev–Trinajstić information content (AvgIpc) is 3.60. The highest BCUT2D eigenvalue weighted by molar-refractivity contribution is 7.89. The first-order chi connectivity index (χ1) is 16.8. The van der Waals surface area contributed by atoms with Gasteiger partial charge in [-0.3, -0.25) is 9.69 Å². The number of rotatable bonds is 6. The molecule has 1 amide bonds. The Balaban J connectivity index is 1.51. The van der Waals surface area contributed by atoms with E-state index in [4.69, 9.17) is 9.72 Å². The highest BCUT2D eigenvalue weighted by Gasteiger charge is 2.42. The molecule has 0 aliphatic carbocycles. The highest BCUT2D eigenvalue weighted by atomic mass is 32.2. The van der Waals surface area contributed by atoms with Crippen LogP contribution < -0.4 is 4.90 Å². The number of thiazole rings is 1. The molecule has 0 spiro atoms. The van der Waals surface area contributed by atoms with Crippen molar-refractivity contribution in [3.63, 3.8) is 0 Å². The predicted octanol–water partition coefficient (Wildman–Crippen LogP) is 4.42. The fourth-order valence-electron chi connectivity index (χ4n) is 4.81. The maximum Gasteiger partial charge on any atom is 0.247 e. The van der Waals surface area contributed by atoms with E-state index in [9.17, 15) is 17.6 Å². The number of aromatic nitrogens is 1. The lowest BCUT2D eigenvalue weighted by atomic mass is 10.1. The standard InChI is InChI=1S/C25H28FN3O4S2/c1-16-7-8-17(2)23-22(16)27-25(34-23)28(15-19-5-4-14-33-19)24(30)21-6-3-13-29(21)35(31,32)20-11-9-18(26)10-12-20/h7-12,19,21H,3-6,13-15H2,1-2H3. The van der Waals surface area contributed by atoms with Crippen molar-refractivity contribution in [3.8, 4) is 0 Å². The lowest BCUT2D eigenvalue weighted by Gasteiger charge is -2.29. The van der Waals surface area contributed by atoms with E-state index in [1.165, 1.54) is 27.8 Å². The first-order valence-corrected chi connectivity index (χ1v) is 14.1. The Kier molecular flexibility index (Phi) is 6.65. The molecule has 5 rings (SSSR count). The fourth-order valence-corrected chi connectivity index (χ4v) is 7.59. The minimum Gasteiger partial charge on any atom is -0.376 e. The maximum atomic E-state index is 14.0. The number of fused-ring (bicyclic) bond motifs is 1. The molecule has 7 nitrogen and oxygen atoms in total. The number of carbonyl (C=O) groups excluding carboxylic acids is 1. The summed E-state index contributed by atoms with van der Waals surface area (Å²) in [6.45, 7) is 5.23. The van der Waals surface area contributed by atoms with Gasteiger partial charge < -0.3 is 4.74 Å². The largest absolute Gasteiger partial charge is 0.376 e. The fraction of sp³-hybridized carbons (Fsp3) is 0.440. The zero-order valence-electron chi connectivity index (χ0n) is 19.7. The lowest BCUT2D eigenvalue weighted by molar-refractivity contribution is -0.122. The molecule has 0 bridgehead atoms. The first-order valence-electron chi connectivity index (χ1n) is 11.8. The molecule has 2 saturated heterocycles. The van der Waals surface area contributed by atoms with Crippen molar-refractivity contribution in [2.24, 2.45) is 0 Å². The van der Waals surface area contributed by atoms with Gasteiger partial charge in [0.1, 0.15) is 11.9 Å². The number of hydrogen-bond donors (Lipinski definition) is 0. The third-order valence-corrected chi connectivity index (χ3v) is 9.88. The van der Waals surface area contributed by atoms with E-state index in [2.05, 4.69) is 0 Å². The van der Waals surface area contributed by atoms with Crippen LogP contribution in [-0.2, 0) is 19.6 Å². The smallest absolute Gasteiger partial charge is 0.247 e. The number of aryl methyl sites for hydroxylation is 2. The third kappa shape index (κ3) is 4.60. The van der Waals surface area contributed by atoms with Gasteiger partial charge in [0, 0.05) is 13.2 Å². The maximum absolute atomic E-state index is 14.0. The number of sulfonamides is 1. The summed E-state index contributed by atoms with van der Waals surface area (Å²) in [5.74, 6) is -0.805. The number of nitrogens with zero attached hydrogens (tertiary/aromatic N) is 3. The van der Waals surface area contributed by atoms with Crippen LogP contribution in [0.3, 0.4) is 0 Å². The summed E-state index contributed by atoms with van der Waals surface area (Å²) in [6, 6.07) is 7.94. The van der Waals surface area contributed by atoms with E-state index >= 15 is 0 Å². The normalized spacial score (nSPS) is 21.1. The van der Waals surface area contributed by atoms with Crippen LogP contribution in [0.5, 0.6) is 0 Å². The predicted molar refractivity (Wildman–Crippen MR) is 134 cm³/mol. The Morgan fingerprint density at radius 2 is 1.89 bits per heavy atom. The Labute approximate surface area is 208 Å². The van der Waals surface area contributed by atoms with Crippen molar-refractivity contribution in [2.75, 3.05) is 24.6 Å². The molecule has 10 heteroatoms. The number of anilines is 1. The van der Waals surface area contributed by atoms with Crippen molar-refractivity contribution in [1.29, 1.82) is 0 Å². The molecule has 2 aliphatic rings. The topological polar surface area (TPSA) is 79.8 Å². The van der Waals surface area contributed by atoms with Gasteiger partial charge >= 0.3 is 0 Å². The van der Waals surface area contributed by atoms with E-state index in [1.54, 1.807) is 4.90 Å². The molecule has 2 unspecified atom stereocenters. The van der Waals surface area contributed by atoms with E-state index in [-0.39, 0.29) is 23.5 Å². The average molecular weight is 518 g/mol. The Morgan fingerprint density at radius 3 is 2.57 bits per heavy atom. The summed E-state index contributed by atoms with van der Waals surface area (Å²) in [6.07, 6.45) is 2.65. The summed E-state index contributed by atoms with van der Waals surface area (Å²) in [5, 5.41) is 0.559. The monoisotopic (exact) mass is 517 g/mol. The van der Waals surface area contributed by atoms with Gasteiger partial charge in [-0.25, -0.2) is 17.8 Å². The van der Waals surface area contributed by atoms with Crippen LogP contribution in [0.1, 0.15) is 36.8 Å². The molecule has 0 saturated carbocycles. The van der Waals surface area contributed by atoms with Crippen molar-refractivity contribution >= 4 is 42.6 Å². The second-order valence-corrected chi connectivity index (χ2v) is 12.1. The molecular weight excluding hydrogens is 489 g/mol. The quantitative estimate of drug-likeness (QED) is 0.484. The molecule has 0 radical (unpaired) electrons. The number of hydrogen-bond acceptors (Lipinski definition) is 6. The van der Waals surface area contributed by atoms with Crippen LogP contribution in [0.4, 0.5) is 9.52 Å². The van der Waals surface area contributed by atoms with Gasteiger partial charge in [0.05, 0.1) is 27.8 Å². The number of carbonyl (C=O) groups is 1.